The highest BCUT2D eigenvalue weighted by Crippen LogP contribution is 2.45. The number of nitrogens with one attached hydrogen (secondary N) is 1. The smallest absolute Gasteiger partial charge is 0.335 e. The van der Waals surface area contributed by atoms with Gasteiger partial charge in [-0.3, -0.25) is 10.1 Å². The Morgan fingerprint density at radius 2 is 1.79 bits per heavy atom. The fourth-order valence-electron chi connectivity index (χ4n) is 2.09. The number of benzene rings is 1. The Labute approximate surface area is 115 Å². The molecule has 5 nitrogen and oxygen atoms in total. The molecule has 1 aliphatic rings. The van der Waals surface area contributed by atoms with Crippen LogP contribution in [0.5, 0.6) is 0 Å². The third kappa shape index (κ3) is 2.74. The van der Waals surface area contributed by atoms with Gasteiger partial charge in [-0.2, -0.15) is 0 Å². The van der Waals surface area contributed by atoms with Crippen molar-refractivity contribution >= 4 is 23.7 Å². The van der Waals surface area contributed by atoms with E-state index in [-0.39, 0.29) is 10.9 Å². The van der Waals surface area contributed by atoms with Gasteiger partial charge in [0, 0.05) is 4.75 Å². The zero-order valence-electron chi connectivity index (χ0n) is 10.6. The van der Waals surface area contributed by atoms with Crippen LogP contribution < -0.4 is 5.32 Å². The molecule has 102 valence electrons. The van der Waals surface area contributed by atoms with Crippen molar-refractivity contribution in [1.29, 1.82) is 0 Å². The molecule has 19 heavy (non-hydrogen) atoms. The molecule has 0 radical (unpaired) electrons. The van der Waals surface area contributed by atoms with Gasteiger partial charge in [0.2, 0.25) is 0 Å². The van der Waals surface area contributed by atoms with E-state index in [4.69, 9.17) is 5.11 Å². The van der Waals surface area contributed by atoms with Crippen molar-refractivity contribution in [1.82, 2.24) is 5.32 Å². The second kappa shape index (κ2) is 4.86. The van der Waals surface area contributed by atoms with Gasteiger partial charge in [-0.15, -0.1) is 11.8 Å². The molecule has 1 saturated heterocycles. The number of aromatic carboxylic acids is 1. The van der Waals surface area contributed by atoms with Crippen molar-refractivity contribution in [3.63, 3.8) is 0 Å². The van der Waals surface area contributed by atoms with Gasteiger partial charge in [-0.05, 0) is 31.5 Å². The standard InChI is InChI=1S/C13H15NO4S/c1-13(2)9(12(17)18)14-10(19-13)7-3-5-8(6-4-7)11(15)16/h3-6,9-10,14H,1-2H3,(H,15,16)(H,17,18)/t9-,10?/m0/s1. The Kier molecular flexibility index (Phi) is 3.56. The minimum absolute atomic E-state index is 0.140. The lowest BCUT2D eigenvalue weighted by molar-refractivity contribution is -0.139. The van der Waals surface area contributed by atoms with Crippen molar-refractivity contribution in [3.8, 4) is 0 Å². The van der Waals surface area contributed by atoms with E-state index < -0.39 is 22.7 Å². The van der Waals surface area contributed by atoms with Crippen LogP contribution in [0.1, 0.15) is 35.1 Å². The van der Waals surface area contributed by atoms with E-state index in [1.54, 1.807) is 12.1 Å². The summed E-state index contributed by atoms with van der Waals surface area (Å²) in [7, 11) is 0. The number of aliphatic carboxylic acids is 1. The summed E-state index contributed by atoms with van der Waals surface area (Å²) >= 11 is 1.53. The van der Waals surface area contributed by atoms with Gasteiger partial charge in [0.1, 0.15) is 6.04 Å². The van der Waals surface area contributed by atoms with E-state index in [9.17, 15) is 14.7 Å². The van der Waals surface area contributed by atoms with E-state index >= 15 is 0 Å². The number of hydrogen-bond acceptors (Lipinski definition) is 4. The first-order valence-electron chi connectivity index (χ1n) is 5.81. The largest absolute Gasteiger partial charge is 0.480 e. The Morgan fingerprint density at radius 3 is 2.21 bits per heavy atom. The summed E-state index contributed by atoms with van der Waals surface area (Å²) in [5, 5.41) is 20.9. The number of carbonyl (C=O) groups is 2. The van der Waals surface area contributed by atoms with Crippen LogP contribution in [0.3, 0.4) is 0 Å². The van der Waals surface area contributed by atoms with Gasteiger partial charge in [-0.25, -0.2) is 4.79 Å². The predicted molar refractivity (Wildman–Crippen MR) is 72.4 cm³/mol. The molecule has 3 N–H and O–H groups in total. The van der Waals surface area contributed by atoms with Crippen molar-refractivity contribution < 1.29 is 19.8 Å². The predicted octanol–water partition coefficient (Wildman–Crippen LogP) is 1.95. The Morgan fingerprint density at radius 1 is 1.21 bits per heavy atom. The minimum atomic E-state index is -0.970. The third-order valence-electron chi connectivity index (χ3n) is 3.14. The van der Waals surface area contributed by atoms with Crippen LogP contribution >= 0.6 is 11.8 Å². The van der Waals surface area contributed by atoms with Gasteiger partial charge in [0.05, 0.1) is 10.9 Å². The zero-order chi connectivity index (χ0) is 14.2. The molecule has 2 rings (SSSR count). The van der Waals surface area contributed by atoms with Crippen LogP contribution in [-0.2, 0) is 4.79 Å². The van der Waals surface area contributed by atoms with Crippen molar-refractivity contribution in [3.05, 3.63) is 35.4 Å². The van der Waals surface area contributed by atoms with Gasteiger partial charge in [0.25, 0.3) is 0 Å². The molecule has 0 aromatic heterocycles. The second-order valence-corrected chi connectivity index (χ2v) is 6.73. The summed E-state index contributed by atoms with van der Waals surface area (Å²) in [5.74, 6) is -1.84. The summed E-state index contributed by atoms with van der Waals surface area (Å²) in [6.07, 6.45) is 0. The van der Waals surface area contributed by atoms with E-state index in [2.05, 4.69) is 5.32 Å². The molecular weight excluding hydrogens is 266 g/mol. The zero-order valence-corrected chi connectivity index (χ0v) is 11.4. The molecule has 0 amide bonds. The maximum Gasteiger partial charge on any atom is 0.335 e. The summed E-state index contributed by atoms with van der Waals surface area (Å²) < 4.78 is -0.415. The average Bonchev–Trinajstić information content (AvgIpc) is 2.65. The highest BCUT2D eigenvalue weighted by atomic mass is 32.2. The van der Waals surface area contributed by atoms with E-state index in [1.165, 1.54) is 23.9 Å². The molecule has 1 heterocycles. The van der Waals surface area contributed by atoms with Crippen molar-refractivity contribution in [2.75, 3.05) is 0 Å². The number of thioether (sulfide) groups is 1. The van der Waals surface area contributed by atoms with E-state index in [1.807, 2.05) is 13.8 Å². The molecule has 0 aliphatic carbocycles. The summed E-state index contributed by atoms with van der Waals surface area (Å²) in [6, 6.07) is 5.87. The first-order chi connectivity index (χ1) is 8.81. The Hall–Kier alpha value is -1.53. The minimum Gasteiger partial charge on any atom is -0.480 e. The molecule has 6 heteroatoms. The molecule has 1 aromatic rings. The van der Waals surface area contributed by atoms with Crippen LogP contribution in [0.15, 0.2) is 24.3 Å². The molecule has 1 fully saturated rings. The number of carboxylic acids is 2. The van der Waals surface area contributed by atoms with Crippen LogP contribution in [0.2, 0.25) is 0 Å². The van der Waals surface area contributed by atoms with E-state index in [0.29, 0.717) is 0 Å². The number of hydrogen-bond donors (Lipinski definition) is 3. The lowest BCUT2D eigenvalue weighted by Gasteiger charge is -2.20. The lowest BCUT2D eigenvalue weighted by atomic mass is 10.0. The molecule has 0 spiro atoms. The monoisotopic (exact) mass is 281 g/mol. The molecule has 1 aliphatic heterocycles. The highest BCUT2D eigenvalue weighted by molar-refractivity contribution is 8.01. The number of rotatable bonds is 3. The maximum atomic E-state index is 11.2. The summed E-state index contributed by atoms with van der Waals surface area (Å²) in [4.78, 5) is 22.0. The van der Waals surface area contributed by atoms with E-state index in [0.717, 1.165) is 5.56 Å². The fourth-order valence-corrected chi connectivity index (χ4v) is 3.50. The normalized spacial score (nSPS) is 25.2. The first kappa shape index (κ1) is 13.9. The molecular formula is C13H15NO4S. The van der Waals surface area contributed by atoms with Crippen LogP contribution in [0, 0.1) is 0 Å². The van der Waals surface area contributed by atoms with Gasteiger partial charge in [0.15, 0.2) is 0 Å². The number of carboxylic acid groups (broad SMARTS) is 2. The van der Waals surface area contributed by atoms with Crippen LogP contribution in [0.25, 0.3) is 0 Å². The molecule has 2 atom stereocenters. The van der Waals surface area contributed by atoms with Crippen molar-refractivity contribution in [2.24, 2.45) is 0 Å². The second-order valence-electron chi connectivity index (χ2n) is 4.97. The Balaban J connectivity index is 2.20. The highest BCUT2D eigenvalue weighted by Gasteiger charge is 2.45. The molecule has 1 aromatic carbocycles. The van der Waals surface area contributed by atoms with Crippen molar-refractivity contribution in [2.45, 2.75) is 30.0 Å². The van der Waals surface area contributed by atoms with Crippen LogP contribution in [-0.4, -0.2) is 32.9 Å². The van der Waals surface area contributed by atoms with Crippen LogP contribution in [0.4, 0.5) is 0 Å². The maximum absolute atomic E-state index is 11.2. The van der Waals surface area contributed by atoms with Gasteiger partial charge < -0.3 is 10.2 Å². The first-order valence-corrected chi connectivity index (χ1v) is 6.69. The quantitative estimate of drug-likeness (QED) is 0.785. The molecule has 0 saturated carbocycles. The third-order valence-corrected chi connectivity index (χ3v) is 4.63. The Bertz CT molecular complexity index is 512. The summed E-state index contributed by atoms with van der Waals surface area (Å²) in [6.45, 7) is 3.77. The topological polar surface area (TPSA) is 86.6 Å². The molecule has 0 bridgehead atoms. The summed E-state index contributed by atoms with van der Waals surface area (Å²) in [5.41, 5.74) is 1.10. The molecule has 1 unspecified atom stereocenters. The average molecular weight is 281 g/mol. The lowest BCUT2D eigenvalue weighted by Crippen LogP contribution is -2.43. The van der Waals surface area contributed by atoms with Gasteiger partial charge in [-0.1, -0.05) is 12.1 Å². The SMILES string of the molecule is CC1(C)SC(c2ccc(C(=O)O)cc2)N[C@H]1C(=O)O. The fraction of sp³-hybridized carbons (Fsp3) is 0.385. The van der Waals surface area contributed by atoms with Gasteiger partial charge >= 0.3 is 11.9 Å².